The maximum absolute atomic E-state index is 12.3. The number of aryl methyl sites for hydroxylation is 2. The van der Waals surface area contributed by atoms with Crippen molar-refractivity contribution in [3.63, 3.8) is 0 Å². The van der Waals surface area contributed by atoms with Gasteiger partial charge in [-0.25, -0.2) is 4.98 Å². The van der Waals surface area contributed by atoms with Gasteiger partial charge in [0.1, 0.15) is 10.5 Å². The van der Waals surface area contributed by atoms with Gasteiger partial charge in [-0.1, -0.05) is 42.5 Å². The average Bonchev–Trinajstić information content (AvgIpc) is 3.14. The Morgan fingerprint density at radius 2 is 2.00 bits per heavy atom. The summed E-state index contributed by atoms with van der Waals surface area (Å²) in [6.45, 7) is 3.96. The molecule has 4 rings (SSSR count). The summed E-state index contributed by atoms with van der Waals surface area (Å²) in [6.07, 6.45) is 0.351. The van der Waals surface area contributed by atoms with E-state index in [4.69, 9.17) is 4.98 Å². The molecule has 2 atom stereocenters. The molecule has 3 N–H and O–H groups in total. The van der Waals surface area contributed by atoms with E-state index < -0.39 is 0 Å². The summed E-state index contributed by atoms with van der Waals surface area (Å²) in [6, 6.07) is 17.6. The summed E-state index contributed by atoms with van der Waals surface area (Å²) < 4.78 is 0. The van der Waals surface area contributed by atoms with Crippen molar-refractivity contribution in [2.75, 3.05) is 11.1 Å². The molecular formula is C23H24N4O2S2. The first-order valence-corrected chi connectivity index (χ1v) is 11.9. The molecule has 0 radical (unpaired) electrons. The molecular weight excluding hydrogens is 428 g/mol. The van der Waals surface area contributed by atoms with E-state index in [0.29, 0.717) is 6.42 Å². The molecule has 1 aromatic heterocycles. The number of anilines is 1. The van der Waals surface area contributed by atoms with Crippen molar-refractivity contribution in [1.82, 2.24) is 15.6 Å². The quantitative estimate of drug-likeness (QED) is 0.521. The van der Waals surface area contributed by atoms with Crippen LogP contribution in [0.15, 0.2) is 54.6 Å². The molecule has 1 aliphatic rings. The van der Waals surface area contributed by atoms with Crippen molar-refractivity contribution in [2.45, 2.75) is 31.8 Å². The number of benzene rings is 2. The fourth-order valence-electron chi connectivity index (χ4n) is 3.45. The molecule has 31 heavy (non-hydrogen) atoms. The predicted octanol–water partition coefficient (Wildman–Crippen LogP) is 4.23. The predicted molar refractivity (Wildman–Crippen MR) is 127 cm³/mol. The highest BCUT2D eigenvalue weighted by Crippen LogP contribution is 2.34. The number of hydrogen-bond donors (Lipinski definition) is 3. The summed E-state index contributed by atoms with van der Waals surface area (Å²) in [5, 5.41) is 10.2. The lowest BCUT2D eigenvalue weighted by Crippen LogP contribution is -2.51. The van der Waals surface area contributed by atoms with E-state index >= 15 is 0 Å². The Bertz CT molecular complexity index is 1080. The van der Waals surface area contributed by atoms with Gasteiger partial charge in [0, 0.05) is 22.5 Å². The number of thiazole rings is 1. The minimum Gasteiger partial charge on any atom is -0.332 e. The van der Waals surface area contributed by atoms with Crippen LogP contribution in [-0.4, -0.2) is 28.0 Å². The Kier molecular flexibility index (Phi) is 6.70. The minimum atomic E-state index is -0.337. The molecule has 2 aromatic carbocycles. The molecule has 0 spiro atoms. The van der Waals surface area contributed by atoms with Crippen LogP contribution in [0.3, 0.4) is 0 Å². The van der Waals surface area contributed by atoms with Crippen molar-refractivity contribution >= 4 is 40.6 Å². The van der Waals surface area contributed by atoms with Crippen LogP contribution in [0.25, 0.3) is 10.6 Å². The van der Waals surface area contributed by atoms with E-state index in [1.807, 2.05) is 68.4 Å². The zero-order valence-corrected chi connectivity index (χ0v) is 19.0. The van der Waals surface area contributed by atoms with Gasteiger partial charge in [-0.15, -0.1) is 23.1 Å². The van der Waals surface area contributed by atoms with Crippen LogP contribution in [0, 0.1) is 13.8 Å². The van der Waals surface area contributed by atoms with Gasteiger partial charge in [-0.2, -0.15) is 0 Å². The summed E-state index contributed by atoms with van der Waals surface area (Å²) >= 11 is 2.98. The van der Waals surface area contributed by atoms with Gasteiger partial charge in [0.15, 0.2) is 0 Å². The zero-order valence-electron chi connectivity index (χ0n) is 17.3. The molecule has 2 unspecified atom stereocenters. The first kappa shape index (κ1) is 21.5. The molecule has 0 saturated carbocycles. The first-order chi connectivity index (χ1) is 15.0. The number of nitrogens with zero attached hydrogens (tertiary/aromatic N) is 1. The van der Waals surface area contributed by atoms with Crippen LogP contribution in [0.4, 0.5) is 5.69 Å². The molecule has 1 fully saturated rings. The number of carbonyl (C=O) groups excluding carboxylic acids is 2. The average molecular weight is 453 g/mol. The monoisotopic (exact) mass is 452 g/mol. The number of nitrogens with one attached hydrogen (secondary N) is 3. The summed E-state index contributed by atoms with van der Waals surface area (Å²) in [5.41, 5.74) is 3.52. The number of rotatable bonds is 6. The van der Waals surface area contributed by atoms with E-state index in [2.05, 4.69) is 16.0 Å². The number of thioether (sulfide) groups is 1. The van der Waals surface area contributed by atoms with E-state index in [-0.39, 0.29) is 29.1 Å². The fourth-order valence-corrected chi connectivity index (χ4v) is 5.44. The van der Waals surface area contributed by atoms with E-state index in [9.17, 15) is 9.59 Å². The summed E-state index contributed by atoms with van der Waals surface area (Å²) in [5.74, 6) is 0.0961. The largest absolute Gasteiger partial charge is 0.332 e. The van der Waals surface area contributed by atoms with Crippen LogP contribution < -0.4 is 16.0 Å². The van der Waals surface area contributed by atoms with Crippen LogP contribution in [0.1, 0.15) is 28.6 Å². The summed E-state index contributed by atoms with van der Waals surface area (Å²) in [4.78, 5) is 30.4. The number of aromatic nitrogens is 1. The third-order valence-corrected chi connectivity index (χ3v) is 7.22. The molecule has 160 valence electrons. The van der Waals surface area contributed by atoms with E-state index in [1.165, 1.54) is 11.8 Å². The van der Waals surface area contributed by atoms with Crippen LogP contribution >= 0.6 is 23.1 Å². The second-order valence-corrected chi connectivity index (χ2v) is 9.56. The van der Waals surface area contributed by atoms with Crippen LogP contribution in [0.2, 0.25) is 0 Å². The highest BCUT2D eigenvalue weighted by Gasteiger charge is 2.30. The van der Waals surface area contributed by atoms with E-state index in [0.717, 1.165) is 32.4 Å². The van der Waals surface area contributed by atoms with Crippen LogP contribution in [0.5, 0.6) is 0 Å². The van der Waals surface area contributed by atoms with Crippen molar-refractivity contribution in [3.05, 3.63) is 70.7 Å². The summed E-state index contributed by atoms with van der Waals surface area (Å²) in [7, 11) is 0. The standard InChI is InChI=1S/C23H24N4O2S2/c1-14-7-6-10-17(11-14)25-20(29)13-30-23-26-18(12-19(28)27-23)21-15(2)24-22(31-21)16-8-4-3-5-9-16/h3-11,18,23,26H,12-13H2,1-2H3,(H,25,29)(H,27,28). The molecule has 3 aromatic rings. The lowest BCUT2D eigenvalue weighted by atomic mass is 10.1. The molecule has 8 heteroatoms. The molecule has 1 aliphatic heterocycles. The minimum absolute atomic E-state index is 0.0330. The molecule has 1 saturated heterocycles. The second-order valence-electron chi connectivity index (χ2n) is 7.43. The van der Waals surface area contributed by atoms with Gasteiger partial charge < -0.3 is 10.6 Å². The SMILES string of the molecule is Cc1cccc(NC(=O)CSC2NC(=O)CC(c3sc(-c4ccccc4)nc3C)N2)c1. The Hall–Kier alpha value is -2.68. The third-order valence-electron chi connectivity index (χ3n) is 4.89. The topological polar surface area (TPSA) is 83.1 Å². The Morgan fingerprint density at radius 1 is 1.19 bits per heavy atom. The van der Waals surface area contributed by atoms with Gasteiger partial charge in [0.2, 0.25) is 11.8 Å². The zero-order chi connectivity index (χ0) is 21.8. The Balaban J connectivity index is 1.39. The Labute approximate surface area is 189 Å². The van der Waals surface area contributed by atoms with Crippen molar-refractivity contribution in [3.8, 4) is 10.6 Å². The van der Waals surface area contributed by atoms with Gasteiger partial charge >= 0.3 is 0 Å². The van der Waals surface area contributed by atoms with Gasteiger partial charge in [-0.3, -0.25) is 14.9 Å². The lowest BCUT2D eigenvalue weighted by molar-refractivity contribution is -0.123. The van der Waals surface area contributed by atoms with Gasteiger partial charge in [-0.05, 0) is 31.5 Å². The lowest BCUT2D eigenvalue weighted by Gasteiger charge is -2.30. The highest BCUT2D eigenvalue weighted by molar-refractivity contribution is 8.00. The maximum atomic E-state index is 12.3. The van der Waals surface area contributed by atoms with Crippen molar-refractivity contribution in [2.24, 2.45) is 0 Å². The van der Waals surface area contributed by atoms with Crippen LogP contribution in [-0.2, 0) is 9.59 Å². The van der Waals surface area contributed by atoms with Crippen molar-refractivity contribution in [1.29, 1.82) is 0 Å². The van der Waals surface area contributed by atoms with Gasteiger partial charge in [0.25, 0.3) is 0 Å². The molecule has 0 aliphatic carbocycles. The number of carbonyl (C=O) groups is 2. The normalized spacial score (nSPS) is 18.5. The maximum Gasteiger partial charge on any atom is 0.234 e. The fraction of sp³-hybridized carbons (Fsp3) is 0.261. The van der Waals surface area contributed by atoms with Gasteiger partial charge in [0.05, 0.1) is 17.5 Å². The molecule has 6 nitrogen and oxygen atoms in total. The van der Waals surface area contributed by atoms with Crippen molar-refractivity contribution < 1.29 is 9.59 Å². The Morgan fingerprint density at radius 3 is 2.77 bits per heavy atom. The highest BCUT2D eigenvalue weighted by atomic mass is 32.2. The molecule has 2 amide bonds. The number of hydrogen-bond acceptors (Lipinski definition) is 6. The first-order valence-electron chi connectivity index (χ1n) is 10.0. The smallest absolute Gasteiger partial charge is 0.234 e. The van der Waals surface area contributed by atoms with E-state index in [1.54, 1.807) is 11.3 Å². The molecule has 2 heterocycles. The number of amides is 2. The molecule has 0 bridgehead atoms. The third kappa shape index (κ3) is 5.52. The second kappa shape index (κ2) is 9.64.